The molecular formula is C20H31N. The second-order valence-corrected chi connectivity index (χ2v) is 7.42. The van der Waals surface area contributed by atoms with E-state index in [-0.39, 0.29) is 0 Å². The lowest BCUT2D eigenvalue weighted by Crippen LogP contribution is -2.22. The SMILES string of the molecule is C1=CCC(C2CCCC2)N=CC2(CC=CCC1)CCCC2. The minimum atomic E-state index is 0.399. The molecule has 2 saturated carbocycles. The molecule has 0 radical (unpaired) electrons. The third-order valence-corrected chi connectivity index (χ3v) is 5.82. The highest BCUT2D eigenvalue weighted by Gasteiger charge is 2.32. The first-order chi connectivity index (χ1) is 10.4. The van der Waals surface area contributed by atoms with Gasteiger partial charge >= 0.3 is 0 Å². The molecule has 0 aromatic rings. The van der Waals surface area contributed by atoms with E-state index < -0.39 is 0 Å². The molecule has 2 aliphatic carbocycles. The average Bonchev–Trinajstić information content (AvgIpc) is 3.16. The van der Waals surface area contributed by atoms with Gasteiger partial charge in [-0.25, -0.2) is 0 Å². The Hall–Kier alpha value is -0.850. The van der Waals surface area contributed by atoms with Crippen LogP contribution in [0.5, 0.6) is 0 Å². The van der Waals surface area contributed by atoms with Crippen LogP contribution in [-0.2, 0) is 0 Å². The number of aliphatic imine (C=N–C) groups is 1. The summed E-state index contributed by atoms with van der Waals surface area (Å²) in [5.74, 6) is 0.850. The molecular weight excluding hydrogens is 254 g/mol. The van der Waals surface area contributed by atoms with Crippen molar-refractivity contribution < 1.29 is 0 Å². The quantitative estimate of drug-likeness (QED) is 0.535. The van der Waals surface area contributed by atoms with E-state index in [2.05, 4.69) is 30.5 Å². The normalized spacial score (nSPS) is 30.6. The average molecular weight is 285 g/mol. The molecule has 1 aliphatic heterocycles. The van der Waals surface area contributed by atoms with Gasteiger partial charge in [-0.05, 0) is 57.3 Å². The van der Waals surface area contributed by atoms with Gasteiger partial charge in [-0.15, -0.1) is 0 Å². The van der Waals surface area contributed by atoms with E-state index in [0.29, 0.717) is 11.5 Å². The van der Waals surface area contributed by atoms with Crippen LogP contribution in [0.25, 0.3) is 0 Å². The van der Waals surface area contributed by atoms with Gasteiger partial charge in [-0.2, -0.15) is 0 Å². The molecule has 1 nitrogen and oxygen atoms in total. The van der Waals surface area contributed by atoms with E-state index in [1.165, 1.54) is 77.0 Å². The Morgan fingerprint density at radius 1 is 0.810 bits per heavy atom. The van der Waals surface area contributed by atoms with E-state index in [4.69, 9.17) is 4.99 Å². The van der Waals surface area contributed by atoms with Crippen molar-refractivity contribution in [2.24, 2.45) is 16.3 Å². The molecule has 3 aliphatic rings. The molecule has 2 fully saturated rings. The summed E-state index contributed by atoms with van der Waals surface area (Å²) in [6.07, 6.45) is 27.9. The predicted molar refractivity (Wildman–Crippen MR) is 91.9 cm³/mol. The van der Waals surface area contributed by atoms with Crippen LogP contribution in [0.1, 0.15) is 77.0 Å². The zero-order valence-electron chi connectivity index (χ0n) is 13.5. The van der Waals surface area contributed by atoms with Crippen LogP contribution in [0.4, 0.5) is 0 Å². The topological polar surface area (TPSA) is 12.4 Å². The van der Waals surface area contributed by atoms with Crippen LogP contribution in [-0.4, -0.2) is 12.3 Å². The molecule has 1 heteroatoms. The molecule has 0 amide bonds. The van der Waals surface area contributed by atoms with Crippen LogP contribution >= 0.6 is 0 Å². The fraction of sp³-hybridized carbons (Fsp3) is 0.750. The van der Waals surface area contributed by atoms with Gasteiger partial charge in [0.05, 0.1) is 6.04 Å². The van der Waals surface area contributed by atoms with Crippen molar-refractivity contribution in [3.8, 4) is 0 Å². The Bertz CT molecular complexity index is 392. The third-order valence-electron chi connectivity index (χ3n) is 5.82. The largest absolute Gasteiger partial charge is 0.293 e. The number of rotatable bonds is 1. The van der Waals surface area contributed by atoms with Crippen molar-refractivity contribution in [1.82, 2.24) is 0 Å². The lowest BCUT2D eigenvalue weighted by Gasteiger charge is -2.25. The summed E-state index contributed by atoms with van der Waals surface area (Å²) in [7, 11) is 0. The minimum Gasteiger partial charge on any atom is -0.293 e. The first-order valence-electron chi connectivity index (χ1n) is 9.22. The smallest absolute Gasteiger partial charge is 0.0558 e. The Labute approximate surface area is 130 Å². The van der Waals surface area contributed by atoms with Gasteiger partial charge < -0.3 is 0 Å². The molecule has 116 valence electrons. The monoisotopic (exact) mass is 285 g/mol. The van der Waals surface area contributed by atoms with Crippen LogP contribution < -0.4 is 0 Å². The van der Waals surface area contributed by atoms with Crippen LogP contribution in [0.15, 0.2) is 29.3 Å². The summed E-state index contributed by atoms with van der Waals surface area (Å²) >= 11 is 0. The number of allylic oxidation sites excluding steroid dienone is 3. The molecule has 3 rings (SSSR count). The van der Waals surface area contributed by atoms with Gasteiger partial charge in [-0.1, -0.05) is 50.0 Å². The predicted octanol–water partition coefficient (Wildman–Crippen LogP) is 5.86. The van der Waals surface area contributed by atoms with Crippen molar-refractivity contribution in [2.75, 3.05) is 0 Å². The number of hydrogen-bond donors (Lipinski definition) is 0. The molecule has 0 aromatic carbocycles. The molecule has 1 heterocycles. The molecule has 0 aromatic heterocycles. The van der Waals surface area contributed by atoms with Crippen LogP contribution in [0, 0.1) is 11.3 Å². The highest BCUT2D eigenvalue weighted by Crippen LogP contribution is 2.41. The summed E-state index contributed by atoms with van der Waals surface area (Å²) in [4.78, 5) is 5.16. The Morgan fingerprint density at radius 2 is 1.52 bits per heavy atom. The van der Waals surface area contributed by atoms with E-state index in [0.717, 1.165) is 5.92 Å². The van der Waals surface area contributed by atoms with Gasteiger partial charge in [0.25, 0.3) is 0 Å². The summed E-state index contributed by atoms with van der Waals surface area (Å²) in [5, 5.41) is 0. The maximum absolute atomic E-state index is 5.16. The summed E-state index contributed by atoms with van der Waals surface area (Å²) in [6, 6.07) is 0.560. The first kappa shape index (κ1) is 15.1. The molecule has 0 N–H and O–H groups in total. The van der Waals surface area contributed by atoms with Gasteiger partial charge in [0, 0.05) is 11.6 Å². The van der Waals surface area contributed by atoms with Crippen molar-refractivity contribution in [3.05, 3.63) is 24.3 Å². The molecule has 21 heavy (non-hydrogen) atoms. The number of nitrogens with zero attached hydrogens (tertiary/aromatic N) is 1. The standard InChI is InChI=1S/C20H31N/c1-2-4-8-14-20(15-9-10-16-20)17-21-19(13-5-3-1)18-11-6-7-12-18/h3-5,8,17-19H,1-2,6-7,9-16H2. The van der Waals surface area contributed by atoms with Crippen LogP contribution in [0.3, 0.4) is 0 Å². The lowest BCUT2D eigenvalue weighted by molar-refractivity contribution is 0.417. The van der Waals surface area contributed by atoms with Crippen molar-refractivity contribution in [1.29, 1.82) is 0 Å². The van der Waals surface area contributed by atoms with E-state index >= 15 is 0 Å². The van der Waals surface area contributed by atoms with Gasteiger partial charge in [0.1, 0.15) is 0 Å². The van der Waals surface area contributed by atoms with Gasteiger partial charge in [0.15, 0.2) is 0 Å². The zero-order chi connectivity index (χ0) is 14.4. The molecule has 0 bridgehead atoms. The summed E-state index contributed by atoms with van der Waals surface area (Å²) in [5.41, 5.74) is 0.399. The molecule has 1 atom stereocenters. The summed E-state index contributed by atoms with van der Waals surface area (Å²) < 4.78 is 0. The molecule has 1 unspecified atom stereocenters. The van der Waals surface area contributed by atoms with E-state index in [9.17, 15) is 0 Å². The highest BCUT2D eigenvalue weighted by molar-refractivity contribution is 5.67. The summed E-state index contributed by atoms with van der Waals surface area (Å²) in [6.45, 7) is 0. The van der Waals surface area contributed by atoms with Crippen LogP contribution in [0.2, 0.25) is 0 Å². The van der Waals surface area contributed by atoms with E-state index in [1.807, 2.05) is 0 Å². The number of hydrogen-bond acceptors (Lipinski definition) is 1. The lowest BCUT2D eigenvalue weighted by atomic mass is 9.83. The van der Waals surface area contributed by atoms with Gasteiger partial charge in [-0.3, -0.25) is 4.99 Å². The maximum Gasteiger partial charge on any atom is 0.0558 e. The molecule has 1 spiro atoms. The second kappa shape index (κ2) is 7.42. The fourth-order valence-corrected chi connectivity index (χ4v) is 4.42. The van der Waals surface area contributed by atoms with Crippen molar-refractivity contribution in [3.63, 3.8) is 0 Å². The Balaban J connectivity index is 1.76. The van der Waals surface area contributed by atoms with Gasteiger partial charge in [0.2, 0.25) is 0 Å². The third kappa shape index (κ3) is 4.08. The maximum atomic E-state index is 5.16. The molecule has 0 saturated heterocycles. The van der Waals surface area contributed by atoms with Crippen molar-refractivity contribution >= 4 is 6.21 Å². The fourth-order valence-electron chi connectivity index (χ4n) is 4.42. The minimum absolute atomic E-state index is 0.399. The Kier molecular flexibility index (Phi) is 5.32. The van der Waals surface area contributed by atoms with E-state index in [1.54, 1.807) is 0 Å². The first-order valence-corrected chi connectivity index (χ1v) is 9.22. The van der Waals surface area contributed by atoms with Crippen molar-refractivity contribution in [2.45, 2.75) is 83.1 Å². The zero-order valence-corrected chi connectivity index (χ0v) is 13.5. The Morgan fingerprint density at radius 3 is 2.29 bits per heavy atom. The second-order valence-electron chi connectivity index (χ2n) is 7.42. The highest BCUT2D eigenvalue weighted by atomic mass is 14.8.